The van der Waals surface area contributed by atoms with Crippen LogP contribution >= 0.6 is 0 Å². The van der Waals surface area contributed by atoms with Gasteiger partial charge in [-0.3, -0.25) is 0 Å². The Morgan fingerprint density at radius 1 is 1.18 bits per heavy atom. The molecule has 96 valence electrons. The number of hydrogen-bond acceptors (Lipinski definition) is 1. The third kappa shape index (κ3) is 4.51. The van der Waals surface area contributed by atoms with Crippen LogP contribution < -0.4 is 5.32 Å². The van der Waals surface area contributed by atoms with Gasteiger partial charge in [0.25, 0.3) is 0 Å². The molecule has 1 N–H and O–H groups in total. The molecule has 0 unspecified atom stereocenters. The fourth-order valence-electron chi connectivity index (χ4n) is 1.82. The maximum Gasteiger partial charge on any atom is 0.0208 e. The first-order valence-electron chi connectivity index (χ1n) is 6.61. The van der Waals surface area contributed by atoms with Gasteiger partial charge in [0.1, 0.15) is 0 Å². The molecule has 0 aliphatic rings. The third-order valence-electron chi connectivity index (χ3n) is 3.08. The van der Waals surface area contributed by atoms with Crippen LogP contribution in [0.25, 0.3) is 0 Å². The average molecular weight is 233 g/mol. The monoisotopic (exact) mass is 233 g/mol. The van der Waals surface area contributed by atoms with E-state index < -0.39 is 0 Å². The molecule has 0 radical (unpaired) electrons. The van der Waals surface area contributed by atoms with Crippen molar-refractivity contribution in [2.24, 2.45) is 5.92 Å². The number of benzene rings is 1. The lowest BCUT2D eigenvalue weighted by atomic mass is 9.85. The minimum Gasteiger partial charge on any atom is -0.312 e. The Kier molecular flexibility index (Phi) is 4.76. The van der Waals surface area contributed by atoms with Crippen molar-refractivity contribution in [2.75, 3.05) is 6.54 Å². The number of hydrogen-bond donors (Lipinski definition) is 1. The van der Waals surface area contributed by atoms with E-state index in [2.05, 4.69) is 65.1 Å². The molecule has 1 aromatic rings. The van der Waals surface area contributed by atoms with Crippen molar-refractivity contribution in [3.05, 3.63) is 34.9 Å². The Morgan fingerprint density at radius 2 is 1.82 bits per heavy atom. The van der Waals surface area contributed by atoms with Gasteiger partial charge in [-0.25, -0.2) is 0 Å². The van der Waals surface area contributed by atoms with Crippen molar-refractivity contribution in [1.82, 2.24) is 5.32 Å². The summed E-state index contributed by atoms with van der Waals surface area (Å²) < 4.78 is 0. The maximum absolute atomic E-state index is 3.52. The number of rotatable bonds is 4. The van der Waals surface area contributed by atoms with Gasteiger partial charge in [0.05, 0.1) is 0 Å². The Bertz CT molecular complexity index is 358. The van der Waals surface area contributed by atoms with Gasteiger partial charge in [-0.2, -0.15) is 0 Å². The second-order valence-electron chi connectivity index (χ2n) is 6.42. The van der Waals surface area contributed by atoms with E-state index in [1.165, 1.54) is 16.7 Å². The number of nitrogens with one attached hydrogen (secondary N) is 1. The molecule has 0 heterocycles. The first kappa shape index (κ1) is 14.2. The Balaban J connectivity index is 2.77. The smallest absolute Gasteiger partial charge is 0.0208 e. The quantitative estimate of drug-likeness (QED) is 0.827. The van der Waals surface area contributed by atoms with E-state index in [0.717, 1.165) is 13.1 Å². The van der Waals surface area contributed by atoms with E-state index in [4.69, 9.17) is 0 Å². The lowest BCUT2D eigenvalue weighted by Gasteiger charge is -2.21. The van der Waals surface area contributed by atoms with Gasteiger partial charge in [-0.05, 0) is 41.5 Å². The van der Waals surface area contributed by atoms with Crippen LogP contribution in [-0.2, 0) is 12.0 Å². The Hall–Kier alpha value is -0.820. The molecule has 1 aromatic carbocycles. The highest BCUT2D eigenvalue weighted by molar-refractivity contribution is 5.34. The van der Waals surface area contributed by atoms with E-state index in [9.17, 15) is 0 Å². The summed E-state index contributed by atoms with van der Waals surface area (Å²) in [5.41, 5.74) is 4.47. The first-order chi connectivity index (χ1) is 7.80. The Labute approximate surface area is 107 Å². The van der Waals surface area contributed by atoms with E-state index in [0.29, 0.717) is 5.92 Å². The molecule has 0 aromatic heterocycles. The molecule has 0 spiro atoms. The lowest BCUT2D eigenvalue weighted by molar-refractivity contribution is 0.549. The molecule has 1 nitrogen and oxygen atoms in total. The molecule has 0 amide bonds. The fraction of sp³-hybridized carbons (Fsp3) is 0.625. The standard InChI is InChI=1S/C16H27N/c1-12(2)10-17-11-14-9-15(16(4,5)6)8-7-13(14)3/h7-9,12,17H,10-11H2,1-6H3. The molecule has 0 fully saturated rings. The summed E-state index contributed by atoms with van der Waals surface area (Å²) in [7, 11) is 0. The average Bonchev–Trinajstić information content (AvgIpc) is 2.18. The van der Waals surface area contributed by atoms with Gasteiger partial charge in [-0.15, -0.1) is 0 Å². The van der Waals surface area contributed by atoms with Gasteiger partial charge in [0.2, 0.25) is 0 Å². The molecule has 0 aliphatic heterocycles. The van der Waals surface area contributed by atoms with Crippen LogP contribution in [0.3, 0.4) is 0 Å². The van der Waals surface area contributed by atoms with Crippen LogP contribution in [0, 0.1) is 12.8 Å². The lowest BCUT2D eigenvalue weighted by Crippen LogP contribution is -2.20. The summed E-state index contributed by atoms with van der Waals surface area (Å²) in [4.78, 5) is 0. The van der Waals surface area contributed by atoms with Crippen LogP contribution in [0.1, 0.15) is 51.3 Å². The van der Waals surface area contributed by atoms with Crippen LogP contribution in [-0.4, -0.2) is 6.54 Å². The van der Waals surface area contributed by atoms with E-state index in [1.54, 1.807) is 0 Å². The number of aryl methyl sites for hydroxylation is 1. The van der Waals surface area contributed by atoms with Gasteiger partial charge in [0.15, 0.2) is 0 Å². The van der Waals surface area contributed by atoms with Crippen molar-refractivity contribution in [3.8, 4) is 0 Å². The summed E-state index contributed by atoms with van der Waals surface area (Å²) in [5.74, 6) is 0.709. The zero-order valence-electron chi connectivity index (χ0n) is 12.2. The van der Waals surface area contributed by atoms with Gasteiger partial charge >= 0.3 is 0 Å². The normalized spacial score (nSPS) is 12.2. The highest BCUT2D eigenvalue weighted by Gasteiger charge is 2.14. The zero-order valence-corrected chi connectivity index (χ0v) is 12.2. The van der Waals surface area contributed by atoms with Crippen LogP contribution in [0.4, 0.5) is 0 Å². The largest absolute Gasteiger partial charge is 0.312 e. The summed E-state index contributed by atoms with van der Waals surface area (Å²) in [6, 6.07) is 6.84. The molecular formula is C16H27N. The predicted molar refractivity (Wildman–Crippen MR) is 76.4 cm³/mol. The SMILES string of the molecule is Cc1ccc(C(C)(C)C)cc1CNCC(C)C. The van der Waals surface area contributed by atoms with Crippen molar-refractivity contribution in [2.45, 2.75) is 53.5 Å². The molecule has 17 heavy (non-hydrogen) atoms. The second kappa shape index (κ2) is 5.68. The van der Waals surface area contributed by atoms with Gasteiger partial charge < -0.3 is 5.32 Å². The molecular weight excluding hydrogens is 206 g/mol. The van der Waals surface area contributed by atoms with Crippen molar-refractivity contribution < 1.29 is 0 Å². The summed E-state index contributed by atoms with van der Waals surface area (Å²) in [6.45, 7) is 15.5. The minimum atomic E-state index is 0.237. The highest BCUT2D eigenvalue weighted by Crippen LogP contribution is 2.24. The fourth-order valence-corrected chi connectivity index (χ4v) is 1.82. The molecule has 0 saturated carbocycles. The molecule has 0 bridgehead atoms. The second-order valence-corrected chi connectivity index (χ2v) is 6.42. The molecule has 0 atom stereocenters. The highest BCUT2D eigenvalue weighted by atomic mass is 14.8. The summed E-state index contributed by atoms with van der Waals surface area (Å²) >= 11 is 0. The van der Waals surface area contributed by atoms with Gasteiger partial charge in [0, 0.05) is 6.54 Å². The van der Waals surface area contributed by atoms with E-state index in [1.807, 2.05) is 0 Å². The van der Waals surface area contributed by atoms with E-state index in [-0.39, 0.29) is 5.41 Å². The van der Waals surface area contributed by atoms with Crippen molar-refractivity contribution in [3.63, 3.8) is 0 Å². The zero-order chi connectivity index (χ0) is 13.1. The van der Waals surface area contributed by atoms with Gasteiger partial charge in [-0.1, -0.05) is 52.8 Å². The third-order valence-corrected chi connectivity index (χ3v) is 3.08. The van der Waals surface area contributed by atoms with Crippen LogP contribution in [0.15, 0.2) is 18.2 Å². The molecule has 0 saturated heterocycles. The Morgan fingerprint density at radius 3 is 2.35 bits per heavy atom. The van der Waals surface area contributed by atoms with Crippen LogP contribution in [0.2, 0.25) is 0 Å². The molecule has 1 heteroatoms. The summed E-state index contributed by atoms with van der Waals surface area (Å²) in [6.07, 6.45) is 0. The van der Waals surface area contributed by atoms with Crippen molar-refractivity contribution in [1.29, 1.82) is 0 Å². The molecule has 1 rings (SSSR count). The molecule has 0 aliphatic carbocycles. The van der Waals surface area contributed by atoms with E-state index >= 15 is 0 Å². The van der Waals surface area contributed by atoms with Crippen molar-refractivity contribution >= 4 is 0 Å². The predicted octanol–water partition coefficient (Wildman–Crippen LogP) is 4.04. The first-order valence-corrected chi connectivity index (χ1v) is 6.61. The summed E-state index contributed by atoms with van der Waals surface area (Å²) in [5, 5.41) is 3.52. The maximum atomic E-state index is 3.52. The topological polar surface area (TPSA) is 12.0 Å². The minimum absolute atomic E-state index is 0.237. The van der Waals surface area contributed by atoms with Crippen LogP contribution in [0.5, 0.6) is 0 Å².